The lowest BCUT2D eigenvalue weighted by Crippen LogP contribution is -2.27. The first-order valence-corrected chi connectivity index (χ1v) is 13.1. The molecule has 0 aliphatic heterocycles. The van der Waals surface area contributed by atoms with E-state index in [1.807, 2.05) is 0 Å². The number of ether oxygens (including phenoxy) is 1. The smallest absolute Gasteiger partial charge is 0.0756 e. The monoisotopic (exact) mass is 388 g/mol. The Morgan fingerprint density at radius 3 is 1.96 bits per heavy atom. The van der Waals surface area contributed by atoms with Crippen molar-refractivity contribution in [1.29, 1.82) is 0 Å². The highest BCUT2D eigenvalue weighted by molar-refractivity contribution is 5.02. The maximum Gasteiger partial charge on any atom is 0.0756 e. The molecule has 0 bridgehead atoms. The molecular formula is C27H48O. The molecule has 2 atom stereocenters. The molecule has 3 aliphatic rings. The van der Waals surface area contributed by atoms with Gasteiger partial charge in [-0.05, 0) is 68.1 Å². The molecule has 3 aliphatic carbocycles. The molecule has 0 saturated heterocycles. The normalized spacial score (nSPS) is 36.5. The summed E-state index contributed by atoms with van der Waals surface area (Å²) in [6, 6.07) is 0. The third-order valence-electron chi connectivity index (χ3n) is 8.28. The molecule has 0 spiro atoms. The molecule has 1 heteroatoms. The first-order chi connectivity index (χ1) is 13.8. The van der Waals surface area contributed by atoms with Crippen LogP contribution in [0.4, 0.5) is 0 Å². The van der Waals surface area contributed by atoms with Gasteiger partial charge in [-0.25, -0.2) is 0 Å². The molecule has 28 heavy (non-hydrogen) atoms. The highest BCUT2D eigenvalue weighted by Crippen LogP contribution is 2.39. The van der Waals surface area contributed by atoms with Crippen LogP contribution in [0.25, 0.3) is 0 Å². The second-order valence-corrected chi connectivity index (χ2v) is 10.4. The molecule has 1 nitrogen and oxygen atoms in total. The molecule has 2 saturated carbocycles. The standard InChI is InChI=1S/C27H48O/c1-3-5-6-8-23-9-11-24(12-10-23)21-28-27-19-17-26(18-20-27)25-15-13-22(7-4-2)14-16-25/h17,19,22-27H,3-16,18,20-21H2,1-2H3. The largest absolute Gasteiger partial charge is 0.374 e. The van der Waals surface area contributed by atoms with Crippen molar-refractivity contribution in [2.75, 3.05) is 6.61 Å². The van der Waals surface area contributed by atoms with Crippen molar-refractivity contribution in [3.63, 3.8) is 0 Å². The molecule has 0 amide bonds. The Hall–Kier alpha value is -0.300. The lowest BCUT2D eigenvalue weighted by molar-refractivity contribution is 0.0286. The van der Waals surface area contributed by atoms with Gasteiger partial charge in [0.1, 0.15) is 0 Å². The predicted octanol–water partition coefficient (Wildman–Crippen LogP) is 8.33. The SMILES string of the molecule is CCCCCC1CCC(COC2C=CC(C3CCC(CCC)CC3)CC2)CC1. The van der Waals surface area contributed by atoms with Crippen LogP contribution >= 0.6 is 0 Å². The van der Waals surface area contributed by atoms with E-state index in [1.54, 1.807) is 0 Å². The van der Waals surface area contributed by atoms with Crippen molar-refractivity contribution in [2.24, 2.45) is 29.6 Å². The second kappa shape index (κ2) is 12.4. The summed E-state index contributed by atoms with van der Waals surface area (Å²) in [6.07, 6.45) is 28.3. The van der Waals surface area contributed by atoms with Gasteiger partial charge in [-0.2, -0.15) is 0 Å². The van der Waals surface area contributed by atoms with Gasteiger partial charge in [0.25, 0.3) is 0 Å². The van der Waals surface area contributed by atoms with Crippen LogP contribution in [-0.2, 0) is 4.74 Å². The average molecular weight is 389 g/mol. The Balaban J connectivity index is 1.29. The lowest BCUT2D eigenvalue weighted by atomic mass is 9.72. The number of unbranched alkanes of at least 4 members (excludes halogenated alkanes) is 2. The van der Waals surface area contributed by atoms with E-state index in [0.29, 0.717) is 6.10 Å². The minimum Gasteiger partial charge on any atom is -0.374 e. The molecule has 0 heterocycles. The molecule has 0 aromatic rings. The molecule has 0 aromatic heterocycles. The van der Waals surface area contributed by atoms with Crippen molar-refractivity contribution >= 4 is 0 Å². The highest BCUT2D eigenvalue weighted by Gasteiger charge is 2.29. The lowest BCUT2D eigenvalue weighted by Gasteiger charge is -2.35. The molecule has 162 valence electrons. The van der Waals surface area contributed by atoms with Crippen LogP contribution in [0, 0.1) is 29.6 Å². The van der Waals surface area contributed by atoms with Crippen molar-refractivity contribution in [2.45, 2.75) is 123 Å². The number of hydrogen-bond donors (Lipinski definition) is 0. The summed E-state index contributed by atoms with van der Waals surface area (Å²) in [6.45, 7) is 5.67. The summed E-state index contributed by atoms with van der Waals surface area (Å²) < 4.78 is 6.35. The van der Waals surface area contributed by atoms with Crippen molar-refractivity contribution < 1.29 is 4.74 Å². The van der Waals surface area contributed by atoms with Gasteiger partial charge in [0, 0.05) is 0 Å². The zero-order chi connectivity index (χ0) is 19.6. The van der Waals surface area contributed by atoms with Gasteiger partial charge in [0.05, 0.1) is 12.7 Å². The maximum absolute atomic E-state index is 6.35. The highest BCUT2D eigenvalue weighted by atomic mass is 16.5. The Kier molecular flexibility index (Phi) is 9.92. The summed E-state index contributed by atoms with van der Waals surface area (Å²) >= 11 is 0. The summed E-state index contributed by atoms with van der Waals surface area (Å²) in [5.74, 6) is 4.70. The van der Waals surface area contributed by atoms with Crippen molar-refractivity contribution in [1.82, 2.24) is 0 Å². The fourth-order valence-corrected chi connectivity index (χ4v) is 6.29. The topological polar surface area (TPSA) is 9.23 Å². The zero-order valence-corrected chi connectivity index (χ0v) is 19.0. The van der Waals surface area contributed by atoms with Crippen molar-refractivity contribution in [3.05, 3.63) is 12.2 Å². The molecule has 2 unspecified atom stereocenters. The number of rotatable bonds is 10. The van der Waals surface area contributed by atoms with Crippen LogP contribution in [-0.4, -0.2) is 12.7 Å². The Bertz CT molecular complexity index is 426. The zero-order valence-electron chi connectivity index (χ0n) is 19.0. The predicted molar refractivity (Wildman–Crippen MR) is 122 cm³/mol. The van der Waals surface area contributed by atoms with Crippen LogP contribution in [0.2, 0.25) is 0 Å². The summed E-state index contributed by atoms with van der Waals surface area (Å²) in [5, 5.41) is 0. The molecular weight excluding hydrogens is 340 g/mol. The van der Waals surface area contributed by atoms with E-state index in [9.17, 15) is 0 Å². The summed E-state index contributed by atoms with van der Waals surface area (Å²) in [7, 11) is 0. The van der Waals surface area contributed by atoms with Crippen molar-refractivity contribution in [3.8, 4) is 0 Å². The Morgan fingerprint density at radius 2 is 1.32 bits per heavy atom. The van der Waals surface area contributed by atoms with Crippen LogP contribution in [0.15, 0.2) is 12.2 Å². The average Bonchev–Trinajstić information content (AvgIpc) is 2.75. The van der Waals surface area contributed by atoms with Gasteiger partial charge in [0.15, 0.2) is 0 Å². The van der Waals surface area contributed by atoms with E-state index < -0.39 is 0 Å². The van der Waals surface area contributed by atoms with E-state index in [2.05, 4.69) is 26.0 Å². The molecule has 0 radical (unpaired) electrons. The summed E-state index contributed by atoms with van der Waals surface area (Å²) in [5.41, 5.74) is 0. The minimum atomic E-state index is 0.412. The third kappa shape index (κ3) is 7.19. The van der Waals surface area contributed by atoms with E-state index in [4.69, 9.17) is 4.74 Å². The Labute approximate surface area is 176 Å². The van der Waals surface area contributed by atoms with Crippen LogP contribution in [0.5, 0.6) is 0 Å². The van der Waals surface area contributed by atoms with Gasteiger partial charge < -0.3 is 4.74 Å². The molecule has 2 fully saturated rings. The molecule has 0 N–H and O–H groups in total. The van der Waals surface area contributed by atoms with Crippen LogP contribution < -0.4 is 0 Å². The minimum absolute atomic E-state index is 0.412. The van der Waals surface area contributed by atoms with Gasteiger partial charge in [-0.1, -0.05) is 90.2 Å². The summed E-state index contributed by atoms with van der Waals surface area (Å²) in [4.78, 5) is 0. The fraction of sp³-hybridized carbons (Fsp3) is 0.926. The second-order valence-electron chi connectivity index (χ2n) is 10.4. The van der Waals surface area contributed by atoms with Gasteiger partial charge in [0.2, 0.25) is 0 Å². The van der Waals surface area contributed by atoms with Gasteiger partial charge >= 0.3 is 0 Å². The first kappa shape index (κ1) is 22.4. The van der Waals surface area contributed by atoms with E-state index in [1.165, 1.54) is 103 Å². The maximum atomic E-state index is 6.35. The number of hydrogen-bond acceptors (Lipinski definition) is 1. The van der Waals surface area contributed by atoms with Crippen LogP contribution in [0.1, 0.15) is 117 Å². The number of allylic oxidation sites excluding steroid dienone is 1. The van der Waals surface area contributed by atoms with Crippen LogP contribution in [0.3, 0.4) is 0 Å². The third-order valence-corrected chi connectivity index (χ3v) is 8.28. The van der Waals surface area contributed by atoms with Gasteiger partial charge in [-0.3, -0.25) is 0 Å². The van der Waals surface area contributed by atoms with Gasteiger partial charge in [-0.15, -0.1) is 0 Å². The quantitative estimate of drug-likeness (QED) is 0.270. The van der Waals surface area contributed by atoms with E-state index in [0.717, 1.165) is 36.2 Å². The Morgan fingerprint density at radius 1 is 0.643 bits per heavy atom. The van der Waals surface area contributed by atoms with E-state index >= 15 is 0 Å². The fourth-order valence-electron chi connectivity index (χ4n) is 6.29. The molecule has 3 rings (SSSR count). The molecule has 0 aromatic carbocycles. The van der Waals surface area contributed by atoms with E-state index in [-0.39, 0.29) is 0 Å². The first-order valence-electron chi connectivity index (χ1n) is 13.1.